The van der Waals surface area contributed by atoms with E-state index < -0.39 is 11.9 Å². The molecular weight excluding hydrogens is 250 g/mol. The summed E-state index contributed by atoms with van der Waals surface area (Å²) >= 11 is 0. The third-order valence-electron chi connectivity index (χ3n) is 2.64. The van der Waals surface area contributed by atoms with Crippen molar-refractivity contribution in [3.63, 3.8) is 0 Å². The fourth-order valence-electron chi connectivity index (χ4n) is 1.75. The number of aromatic nitrogens is 4. The van der Waals surface area contributed by atoms with Crippen LogP contribution in [0.4, 0.5) is 5.69 Å². The molecule has 2 aromatic heterocycles. The molecule has 0 atom stereocenters. The largest absolute Gasteiger partial charge is 0.476 e. The van der Waals surface area contributed by atoms with E-state index in [1.54, 1.807) is 6.07 Å². The number of nitrogens with zero attached hydrogens (tertiary/aromatic N) is 4. The first kappa shape index (κ1) is 12.8. The van der Waals surface area contributed by atoms with Crippen LogP contribution >= 0.6 is 0 Å². The summed E-state index contributed by atoms with van der Waals surface area (Å²) in [6, 6.07) is 1.57. The van der Waals surface area contributed by atoms with Gasteiger partial charge in [-0.2, -0.15) is 10.2 Å². The molecule has 0 aliphatic rings. The number of carboxylic acid groups (broad SMARTS) is 1. The molecule has 100 valence electrons. The van der Waals surface area contributed by atoms with Gasteiger partial charge in [0.25, 0.3) is 5.91 Å². The fourth-order valence-corrected chi connectivity index (χ4v) is 1.75. The minimum Gasteiger partial charge on any atom is -0.476 e. The van der Waals surface area contributed by atoms with Gasteiger partial charge in [0.05, 0.1) is 11.9 Å². The zero-order chi connectivity index (χ0) is 14.0. The van der Waals surface area contributed by atoms with Crippen molar-refractivity contribution in [2.75, 3.05) is 5.32 Å². The summed E-state index contributed by atoms with van der Waals surface area (Å²) in [4.78, 5) is 23.1. The quantitative estimate of drug-likeness (QED) is 0.840. The molecule has 2 aromatic rings. The summed E-state index contributed by atoms with van der Waals surface area (Å²) in [6.45, 7) is 2.41. The molecule has 2 rings (SSSR count). The number of carbonyl (C=O) groups is 2. The Morgan fingerprint density at radius 1 is 1.42 bits per heavy atom. The topological polar surface area (TPSA) is 102 Å². The number of carbonyl (C=O) groups excluding carboxylic acids is 1. The summed E-state index contributed by atoms with van der Waals surface area (Å²) in [6.07, 6.45) is 2.81. The van der Waals surface area contributed by atoms with E-state index >= 15 is 0 Å². The van der Waals surface area contributed by atoms with E-state index in [1.165, 1.54) is 28.8 Å². The van der Waals surface area contributed by atoms with Crippen LogP contribution in [0.2, 0.25) is 0 Å². The van der Waals surface area contributed by atoms with Crippen molar-refractivity contribution in [3.8, 4) is 0 Å². The lowest BCUT2D eigenvalue weighted by atomic mass is 10.3. The normalized spacial score (nSPS) is 10.4. The van der Waals surface area contributed by atoms with Crippen LogP contribution in [0.5, 0.6) is 0 Å². The van der Waals surface area contributed by atoms with Gasteiger partial charge >= 0.3 is 5.97 Å². The minimum atomic E-state index is -1.15. The first-order valence-corrected chi connectivity index (χ1v) is 5.63. The highest BCUT2D eigenvalue weighted by molar-refractivity contribution is 6.06. The Morgan fingerprint density at radius 2 is 2.16 bits per heavy atom. The Hall–Kier alpha value is -2.64. The molecule has 0 aliphatic carbocycles. The molecule has 2 N–H and O–H groups in total. The number of hydrogen-bond donors (Lipinski definition) is 2. The molecule has 0 unspecified atom stereocenters. The van der Waals surface area contributed by atoms with E-state index in [2.05, 4.69) is 15.5 Å². The van der Waals surface area contributed by atoms with E-state index in [9.17, 15) is 9.59 Å². The van der Waals surface area contributed by atoms with E-state index in [4.69, 9.17) is 5.11 Å². The predicted molar refractivity (Wildman–Crippen MR) is 66.0 cm³/mol. The monoisotopic (exact) mass is 263 g/mol. The Morgan fingerprint density at radius 3 is 2.79 bits per heavy atom. The maximum atomic E-state index is 12.0. The van der Waals surface area contributed by atoms with Gasteiger partial charge in [0, 0.05) is 19.8 Å². The first-order chi connectivity index (χ1) is 9.04. The van der Waals surface area contributed by atoms with Crippen molar-refractivity contribution >= 4 is 17.6 Å². The number of anilines is 1. The van der Waals surface area contributed by atoms with Gasteiger partial charge in [-0.15, -0.1) is 0 Å². The van der Waals surface area contributed by atoms with Crippen molar-refractivity contribution in [1.82, 2.24) is 19.6 Å². The van der Waals surface area contributed by atoms with Crippen molar-refractivity contribution in [3.05, 3.63) is 29.8 Å². The third-order valence-corrected chi connectivity index (χ3v) is 2.64. The molecule has 2 heterocycles. The smallest absolute Gasteiger partial charge is 0.356 e. The Balaban J connectivity index is 2.27. The number of aromatic carboxylic acids is 1. The summed E-state index contributed by atoms with van der Waals surface area (Å²) in [7, 11) is 1.50. The molecule has 0 aliphatic heterocycles. The van der Waals surface area contributed by atoms with Crippen molar-refractivity contribution in [1.29, 1.82) is 0 Å². The van der Waals surface area contributed by atoms with Gasteiger partial charge in [0.15, 0.2) is 5.69 Å². The summed E-state index contributed by atoms with van der Waals surface area (Å²) < 4.78 is 2.71. The van der Waals surface area contributed by atoms with Gasteiger partial charge < -0.3 is 10.4 Å². The zero-order valence-electron chi connectivity index (χ0n) is 10.5. The number of nitrogens with one attached hydrogen (secondary N) is 1. The zero-order valence-corrected chi connectivity index (χ0v) is 10.5. The molecule has 0 saturated heterocycles. The Labute approximate surface area is 108 Å². The van der Waals surface area contributed by atoms with Gasteiger partial charge in [0.2, 0.25) is 0 Å². The molecule has 0 spiro atoms. The summed E-state index contributed by atoms with van der Waals surface area (Å²) in [5.41, 5.74) is 0.447. The van der Waals surface area contributed by atoms with E-state index in [0.717, 1.165) is 0 Å². The lowest BCUT2D eigenvalue weighted by Gasteiger charge is -2.06. The fraction of sp³-hybridized carbons (Fsp3) is 0.273. The molecule has 1 amide bonds. The van der Waals surface area contributed by atoms with Crippen LogP contribution in [-0.4, -0.2) is 36.5 Å². The second-order valence-corrected chi connectivity index (χ2v) is 3.82. The van der Waals surface area contributed by atoms with Gasteiger partial charge in [-0.05, 0) is 13.0 Å². The molecule has 0 aromatic carbocycles. The Bertz CT molecular complexity index is 628. The van der Waals surface area contributed by atoms with E-state index in [-0.39, 0.29) is 11.4 Å². The average Bonchev–Trinajstić information content (AvgIpc) is 2.95. The average molecular weight is 263 g/mol. The summed E-state index contributed by atoms with van der Waals surface area (Å²) in [5, 5.41) is 19.4. The maximum Gasteiger partial charge on any atom is 0.356 e. The van der Waals surface area contributed by atoms with E-state index in [0.29, 0.717) is 12.2 Å². The summed E-state index contributed by atoms with van der Waals surface area (Å²) in [5.74, 6) is -1.57. The van der Waals surface area contributed by atoms with Gasteiger partial charge in [-0.3, -0.25) is 14.2 Å². The number of carboxylic acids is 1. The lowest BCUT2D eigenvalue weighted by Crippen LogP contribution is -2.19. The molecule has 8 nitrogen and oxygen atoms in total. The second-order valence-electron chi connectivity index (χ2n) is 3.82. The van der Waals surface area contributed by atoms with Crippen LogP contribution in [0.1, 0.15) is 27.9 Å². The van der Waals surface area contributed by atoms with Crippen LogP contribution in [0, 0.1) is 0 Å². The molecule has 0 fully saturated rings. The van der Waals surface area contributed by atoms with Crippen LogP contribution in [-0.2, 0) is 13.6 Å². The molecular formula is C11H13N5O3. The lowest BCUT2D eigenvalue weighted by molar-refractivity contribution is 0.0686. The van der Waals surface area contributed by atoms with Crippen LogP contribution in [0.15, 0.2) is 18.5 Å². The molecule has 8 heteroatoms. The van der Waals surface area contributed by atoms with E-state index in [1.807, 2.05) is 6.92 Å². The maximum absolute atomic E-state index is 12.0. The molecule has 0 bridgehead atoms. The number of rotatable bonds is 4. The highest BCUT2D eigenvalue weighted by Gasteiger charge is 2.19. The number of amides is 1. The van der Waals surface area contributed by atoms with Gasteiger partial charge in [0.1, 0.15) is 5.69 Å². The van der Waals surface area contributed by atoms with Crippen LogP contribution in [0.3, 0.4) is 0 Å². The van der Waals surface area contributed by atoms with Crippen molar-refractivity contribution in [2.45, 2.75) is 13.5 Å². The van der Waals surface area contributed by atoms with Gasteiger partial charge in [-0.1, -0.05) is 0 Å². The highest BCUT2D eigenvalue weighted by Crippen LogP contribution is 2.15. The van der Waals surface area contributed by atoms with Crippen LogP contribution < -0.4 is 5.32 Å². The SMILES string of the molecule is CCn1nccc1C(=O)Nc1cnn(C)c1C(=O)O. The third kappa shape index (κ3) is 2.32. The molecule has 0 radical (unpaired) electrons. The number of aryl methyl sites for hydroxylation is 2. The molecule has 19 heavy (non-hydrogen) atoms. The standard InChI is InChI=1S/C11H13N5O3/c1-3-16-8(4-5-12-16)10(17)14-7-6-13-15(2)9(7)11(18)19/h4-6H,3H2,1-2H3,(H,14,17)(H,18,19). The van der Waals surface area contributed by atoms with Crippen molar-refractivity contribution in [2.24, 2.45) is 7.05 Å². The van der Waals surface area contributed by atoms with Crippen LogP contribution in [0.25, 0.3) is 0 Å². The highest BCUT2D eigenvalue weighted by atomic mass is 16.4. The number of hydrogen-bond acceptors (Lipinski definition) is 4. The van der Waals surface area contributed by atoms with Gasteiger partial charge in [-0.25, -0.2) is 4.79 Å². The second kappa shape index (κ2) is 4.92. The Kier molecular flexibility index (Phi) is 3.32. The molecule has 0 saturated carbocycles. The van der Waals surface area contributed by atoms with Crippen molar-refractivity contribution < 1.29 is 14.7 Å². The predicted octanol–water partition coefficient (Wildman–Crippen LogP) is 0.587. The first-order valence-electron chi connectivity index (χ1n) is 5.63. The minimum absolute atomic E-state index is 0.0732.